The fourth-order valence-electron chi connectivity index (χ4n) is 2.41. The van der Waals surface area contributed by atoms with Gasteiger partial charge in [0.2, 0.25) is 11.8 Å². The monoisotopic (exact) mass is 322 g/mol. The molecule has 2 heterocycles. The summed E-state index contributed by atoms with van der Waals surface area (Å²) >= 11 is 0. The molecule has 8 heteroatoms. The van der Waals surface area contributed by atoms with Gasteiger partial charge in [-0.3, -0.25) is 24.0 Å². The minimum atomic E-state index is -0.278. The Morgan fingerprint density at radius 1 is 1.39 bits per heavy atom. The molecule has 0 spiro atoms. The zero-order valence-corrected chi connectivity index (χ0v) is 13.5. The van der Waals surface area contributed by atoms with Crippen LogP contribution in [0.25, 0.3) is 0 Å². The lowest BCUT2D eigenvalue weighted by Crippen LogP contribution is -2.30. The summed E-state index contributed by atoms with van der Waals surface area (Å²) in [6, 6.07) is 0. The predicted octanol–water partition coefficient (Wildman–Crippen LogP) is 0.906. The Kier molecular flexibility index (Phi) is 5.84. The van der Waals surface area contributed by atoms with Gasteiger partial charge in [-0.2, -0.15) is 0 Å². The van der Waals surface area contributed by atoms with Gasteiger partial charge < -0.3 is 4.74 Å². The number of nitrogens with zero attached hydrogens (tertiary/aromatic N) is 4. The van der Waals surface area contributed by atoms with E-state index in [0.29, 0.717) is 25.3 Å². The number of hydrogen-bond donors (Lipinski definition) is 0. The Morgan fingerprint density at radius 3 is 2.83 bits per heavy atom. The molecule has 1 saturated heterocycles. The average Bonchev–Trinajstić information content (AvgIpc) is 3.10. The highest BCUT2D eigenvalue weighted by molar-refractivity contribution is 6.03. The van der Waals surface area contributed by atoms with Crippen LogP contribution in [0.4, 0.5) is 0 Å². The molecule has 8 nitrogen and oxygen atoms in total. The summed E-state index contributed by atoms with van der Waals surface area (Å²) < 4.78 is 6.50. The topological polar surface area (TPSA) is 94.4 Å². The Bertz CT molecular complexity index is 584. The molecule has 0 bridgehead atoms. The predicted molar refractivity (Wildman–Crippen MR) is 79.8 cm³/mol. The van der Waals surface area contributed by atoms with Gasteiger partial charge in [0, 0.05) is 12.3 Å². The van der Waals surface area contributed by atoms with Gasteiger partial charge in [0.1, 0.15) is 5.69 Å². The number of esters is 1. The maximum absolute atomic E-state index is 12.1. The molecular formula is C15H22N4O4. The second-order valence-corrected chi connectivity index (χ2v) is 5.57. The van der Waals surface area contributed by atoms with Crippen LogP contribution in [0.3, 0.4) is 0 Å². The van der Waals surface area contributed by atoms with Crippen LogP contribution in [-0.4, -0.2) is 44.3 Å². The lowest BCUT2D eigenvalue weighted by atomic mass is 10.1. The van der Waals surface area contributed by atoms with Crippen LogP contribution in [0.1, 0.15) is 45.2 Å². The number of rotatable bonds is 8. The Morgan fingerprint density at radius 2 is 2.17 bits per heavy atom. The molecular weight excluding hydrogens is 300 g/mol. The van der Waals surface area contributed by atoms with Crippen molar-refractivity contribution in [2.24, 2.45) is 5.92 Å². The van der Waals surface area contributed by atoms with Crippen LogP contribution in [0, 0.1) is 5.92 Å². The quantitative estimate of drug-likeness (QED) is 0.521. The van der Waals surface area contributed by atoms with E-state index in [9.17, 15) is 14.4 Å². The first-order valence-electron chi connectivity index (χ1n) is 7.94. The van der Waals surface area contributed by atoms with Gasteiger partial charge in [-0.1, -0.05) is 19.1 Å². The van der Waals surface area contributed by atoms with Crippen LogP contribution in [0.5, 0.6) is 0 Å². The maximum Gasteiger partial charge on any atom is 0.307 e. The van der Waals surface area contributed by atoms with E-state index in [1.165, 1.54) is 9.58 Å². The Hall–Kier alpha value is -2.25. The van der Waals surface area contributed by atoms with E-state index in [-0.39, 0.29) is 43.1 Å². The minimum Gasteiger partial charge on any atom is -0.466 e. The number of ether oxygens (including phenoxy) is 1. The second-order valence-electron chi connectivity index (χ2n) is 5.57. The normalized spacial score (nSPS) is 17.8. The third kappa shape index (κ3) is 4.37. The molecule has 0 aromatic carbocycles. The summed E-state index contributed by atoms with van der Waals surface area (Å²) in [4.78, 5) is 36.6. The Labute approximate surface area is 134 Å². The summed E-state index contributed by atoms with van der Waals surface area (Å²) in [5, 5.41) is 7.86. The molecule has 0 N–H and O–H groups in total. The van der Waals surface area contributed by atoms with Gasteiger partial charge in [0.25, 0.3) is 0 Å². The number of likely N-dealkylation sites (tertiary alicyclic amines) is 1. The molecule has 1 aromatic rings. The van der Waals surface area contributed by atoms with E-state index in [2.05, 4.69) is 10.3 Å². The Balaban J connectivity index is 1.86. The maximum atomic E-state index is 12.1. The molecule has 1 fully saturated rings. The molecule has 1 aliphatic heterocycles. The molecule has 2 amide bonds. The van der Waals surface area contributed by atoms with E-state index in [1.807, 2.05) is 13.8 Å². The molecule has 1 aliphatic rings. The van der Waals surface area contributed by atoms with Crippen molar-refractivity contribution in [2.75, 3.05) is 6.61 Å². The van der Waals surface area contributed by atoms with Gasteiger partial charge >= 0.3 is 5.97 Å². The van der Waals surface area contributed by atoms with E-state index >= 15 is 0 Å². The third-order valence-corrected chi connectivity index (χ3v) is 3.75. The molecule has 0 saturated carbocycles. The number of aromatic nitrogens is 3. The number of imide groups is 1. The zero-order valence-electron chi connectivity index (χ0n) is 13.5. The smallest absolute Gasteiger partial charge is 0.307 e. The molecule has 0 aliphatic carbocycles. The first-order chi connectivity index (χ1) is 11.0. The number of carbonyl (C=O) groups excluding carboxylic acids is 3. The van der Waals surface area contributed by atoms with Gasteiger partial charge in [0.15, 0.2) is 0 Å². The molecule has 126 valence electrons. The number of amides is 2. The van der Waals surface area contributed by atoms with Crippen molar-refractivity contribution in [1.29, 1.82) is 0 Å². The van der Waals surface area contributed by atoms with Crippen molar-refractivity contribution in [3.63, 3.8) is 0 Å². The molecule has 1 unspecified atom stereocenters. The summed E-state index contributed by atoms with van der Waals surface area (Å²) in [6.07, 6.45) is 3.57. The number of carbonyl (C=O) groups is 3. The van der Waals surface area contributed by atoms with Gasteiger partial charge in [-0.15, -0.1) is 5.10 Å². The molecule has 0 radical (unpaired) electrons. The third-order valence-electron chi connectivity index (χ3n) is 3.75. The van der Waals surface area contributed by atoms with Crippen molar-refractivity contribution in [3.8, 4) is 0 Å². The fraction of sp³-hybridized carbons (Fsp3) is 0.667. The molecule has 1 atom stereocenters. The number of hydrogen-bond acceptors (Lipinski definition) is 6. The fourth-order valence-corrected chi connectivity index (χ4v) is 2.41. The van der Waals surface area contributed by atoms with Crippen LogP contribution in [0.15, 0.2) is 6.20 Å². The van der Waals surface area contributed by atoms with Crippen molar-refractivity contribution in [1.82, 2.24) is 19.9 Å². The lowest BCUT2D eigenvalue weighted by molar-refractivity contribution is -0.144. The van der Waals surface area contributed by atoms with E-state index in [0.717, 1.165) is 6.42 Å². The van der Waals surface area contributed by atoms with Crippen molar-refractivity contribution < 1.29 is 19.1 Å². The first kappa shape index (κ1) is 17.1. The lowest BCUT2D eigenvalue weighted by Gasteiger charge is -2.12. The first-order valence-corrected chi connectivity index (χ1v) is 7.94. The minimum absolute atomic E-state index is 0.133. The van der Waals surface area contributed by atoms with Crippen LogP contribution >= 0.6 is 0 Å². The van der Waals surface area contributed by atoms with Crippen molar-refractivity contribution >= 4 is 17.8 Å². The van der Waals surface area contributed by atoms with Crippen molar-refractivity contribution in [3.05, 3.63) is 11.9 Å². The van der Waals surface area contributed by atoms with E-state index in [4.69, 9.17) is 4.74 Å². The average molecular weight is 322 g/mol. The summed E-state index contributed by atoms with van der Waals surface area (Å²) in [6.45, 7) is 4.73. The largest absolute Gasteiger partial charge is 0.466 e. The highest BCUT2D eigenvalue weighted by Crippen LogP contribution is 2.23. The summed E-state index contributed by atoms with van der Waals surface area (Å²) in [5.41, 5.74) is 0.533. The van der Waals surface area contributed by atoms with Gasteiger partial charge in [-0.25, -0.2) is 0 Å². The SMILES string of the molecule is CCCOC(=O)CCn1cc(CN2C(=O)CC(CC)C2=O)nn1. The van der Waals surface area contributed by atoms with Crippen molar-refractivity contribution in [2.45, 2.75) is 52.6 Å². The standard InChI is InChI=1S/C15H22N4O4/c1-3-7-23-14(21)5-6-18-9-12(16-17-18)10-19-13(20)8-11(4-2)15(19)22/h9,11H,3-8,10H2,1-2H3. The van der Waals surface area contributed by atoms with E-state index in [1.54, 1.807) is 6.20 Å². The summed E-state index contributed by atoms with van der Waals surface area (Å²) in [5.74, 6) is -0.805. The van der Waals surface area contributed by atoms with Gasteiger partial charge in [0.05, 0.1) is 32.3 Å². The molecule has 2 rings (SSSR count). The highest BCUT2D eigenvalue weighted by Gasteiger charge is 2.37. The summed E-state index contributed by atoms with van der Waals surface area (Å²) in [7, 11) is 0. The second kappa shape index (κ2) is 7.85. The zero-order chi connectivity index (χ0) is 16.8. The molecule has 1 aromatic heterocycles. The van der Waals surface area contributed by atoms with Crippen LogP contribution < -0.4 is 0 Å². The molecule has 23 heavy (non-hydrogen) atoms. The van der Waals surface area contributed by atoms with E-state index < -0.39 is 0 Å². The number of aryl methyl sites for hydroxylation is 1. The van der Waals surface area contributed by atoms with Gasteiger partial charge in [-0.05, 0) is 12.8 Å². The van der Waals surface area contributed by atoms with Crippen LogP contribution in [-0.2, 0) is 32.2 Å². The van der Waals surface area contributed by atoms with Crippen LogP contribution in [0.2, 0.25) is 0 Å². The highest BCUT2D eigenvalue weighted by atomic mass is 16.5.